The molecule has 3 unspecified atom stereocenters. The monoisotopic (exact) mass is 226 g/mol. The van der Waals surface area contributed by atoms with Gasteiger partial charge in [-0.1, -0.05) is 46.5 Å². The van der Waals surface area contributed by atoms with E-state index in [4.69, 9.17) is 0 Å². The zero-order chi connectivity index (χ0) is 12.0. The van der Waals surface area contributed by atoms with Crippen molar-refractivity contribution in [3.63, 3.8) is 0 Å². The third kappa shape index (κ3) is 4.45. The van der Waals surface area contributed by atoms with Crippen molar-refractivity contribution in [2.75, 3.05) is 0 Å². The van der Waals surface area contributed by atoms with Gasteiger partial charge >= 0.3 is 0 Å². The van der Waals surface area contributed by atoms with Crippen LogP contribution in [0, 0.1) is 17.8 Å². The maximum atomic E-state index is 10.0. The van der Waals surface area contributed by atoms with Gasteiger partial charge < -0.3 is 5.11 Å². The SMILES string of the molecule is CCCCCCC1CC(C(C)C)CCC1O. The summed E-state index contributed by atoms with van der Waals surface area (Å²) in [6.45, 7) is 6.91. The van der Waals surface area contributed by atoms with Gasteiger partial charge in [0.05, 0.1) is 6.10 Å². The Morgan fingerprint density at radius 1 is 1.12 bits per heavy atom. The molecule has 0 spiro atoms. The lowest BCUT2D eigenvalue weighted by Crippen LogP contribution is -2.31. The third-order valence-electron chi connectivity index (χ3n) is 4.35. The summed E-state index contributed by atoms with van der Waals surface area (Å²) in [4.78, 5) is 0. The molecule has 0 bridgehead atoms. The number of rotatable bonds is 6. The minimum atomic E-state index is -0.00312. The molecule has 1 N–H and O–H groups in total. The van der Waals surface area contributed by atoms with Gasteiger partial charge in [-0.25, -0.2) is 0 Å². The van der Waals surface area contributed by atoms with Crippen molar-refractivity contribution < 1.29 is 5.11 Å². The molecule has 1 aliphatic rings. The molecule has 0 radical (unpaired) electrons. The second-order valence-electron chi connectivity index (χ2n) is 5.99. The van der Waals surface area contributed by atoms with Crippen molar-refractivity contribution in [2.24, 2.45) is 17.8 Å². The Kier molecular flexibility index (Phi) is 6.41. The van der Waals surface area contributed by atoms with Crippen molar-refractivity contribution in [1.29, 1.82) is 0 Å². The highest BCUT2D eigenvalue weighted by atomic mass is 16.3. The van der Waals surface area contributed by atoms with E-state index in [0.717, 1.165) is 18.3 Å². The summed E-state index contributed by atoms with van der Waals surface area (Å²) in [7, 11) is 0. The van der Waals surface area contributed by atoms with Crippen LogP contribution >= 0.6 is 0 Å². The summed E-state index contributed by atoms with van der Waals surface area (Å²) in [5.74, 6) is 2.25. The number of unbranched alkanes of at least 4 members (excludes halogenated alkanes) is 3. The van der Waals surface area contributed by atoms with Gasteiger partial charge in [-0.3, -0.25) is 0 Å². The highest BCUT2D eigenvalue weighted by Crippen LogP contribution is 2.36. The largest absolute Gasteiger partial charge is 0.393 e. The quantitative estimate of drug-likeness (QED) is 0.666. The molecule has 96 valence electrons. The van der Waals surface area contributed by atoms with Crippen molar-refractivity contribution >= 4 is 0 Å². The van der Waals surface area contributed by atoms with Crippen LogP contribution < -0.4 is 0 Å². The maximum Gasteiger partial charge on any atom is 0.0568 e. The molecule has 0 aromatic heterocycles. The summed E-state index contributed by atoms with van der Waals surface area (Å²) >= 11 is 0. The number of hydrogen-bond acceptors (Lipinski definition) is 1. The first-order valence-electron chi connectivity index (χ1n) is 7.33. The Hall–Kier alpha value is -0.0400. The number of aliphatic hydroxyl groups is 1. The fraction of sp³-hybridized carbons (Fsp3) is 1.00. The van der Waals surface area contributed by atoms with Gasteiger partial charge in [-0.15, -0.1) is 0 Å². The van der Waals surface area contributed by atoms with Crippen LogP contribution in [0.2, 0.25) is 0 Å². The molecule has 0 aromatic carbocycles. The summed E-state index contributed by atoms with van der Waals surface area (Å²) in [6.07, 6.45) is 10.1. The molecule has 0 saturated heterocycles. The van der Waals surface area contributed by atoms with Gasteiger partial charge in [0.1, 0.15) is 0 Å². The van der Waals surface area contributed by atoms with Gasteiger partial charge in [-0.2, -0.15) is 0 Å². The van der Waals surface area contributed by atoms with Crippen molar-refractivity contribution in [2.45, 2.75) is 78.2 Å². The normalized spacial score (nSPS) is 30.9. The molecule has 3 atom stereocenters. The Bertz CT molecular complexity index is 176. The zero-order valence-electron chi connectivity index (χ0n) is 11.4. The lowest BCUT2D eigenvalue weighted by atomic mass is 9.73. The Labute approximate surface area is 102 Å². The van der Waals surface area contributed by atoms with Crippen molar-refractivity contribution in [3.05, 3.63) is 0 Å². The first-order valence-corrected chi connectivity index (χ1v) is 7.33. The number of hydrogen-bond donors (Lipinski definition) is 1. The lowest BCUT2D eigenvalue weighted by Gasteiger charge is -2.35. The molecule has 16 heavy (non-hydrogen) atoms. The van der Waals surface area contributed by atoms with Gasteiger partial charge in [0.2, 0.25) is 0 Å². The van der Waals surface area contributed by atoms with E-state index >= 15 is 0 Å². The standard InChI is InChI=1S/C15H30O/c1-4-5-6-7-8-14-11-13(12(2)3)9-10-15(14)16/h12-16H,4-11H2,1-3H3. The van der Waals surface area contributed by atoms with E-state index < -0.39 is 0 Å². The minimum Gasteiger partial charge on any atom is -0.393 e. The average molecular weight is 226 g/mol. The topological polar surface area (TPSA) is 20.2 Å². The molecule has 0 aliphatic heterocycles. The van der Waals surface area contributed by atoms with Crippen LogP contribution in [0.1, 0.15) is 72.1 Å². The molecular formula is C15H30O. The second kappa shape index (κ2) is 7.32. The smallest absolute Gasteiger partial charge is 0.0568 e. The van der Waals surface area contributed by atoms with Crippen molar-refractivity contribution in [3.8, 4) is 0 Å². The number of aliphatic hydroxyl groups excluding tert-OH is 1. The molecular weight excluding hydrogens is 196 g/mol. The predicted molar refractivity (Wildman–Crippen MR) is 70.4 cm³/mol. The first-order chi connectivity index (χ1) is 7.65. The Morgan fingerprint density at radius 2 is 1.88 bits per heavy atom. The van der Waals surface area contributed by atoms with E-state index in [9.17, 15) is 5.11 Å². The maximum absolute atomic E-state index is 10.0. The van der Waals surface area contributed by atoms with Gasteiger partial charge in [0, 0.05) is 0 Å². The van der Waals surface area contributed by atoms with Crippen LogP contribution in [0.5, 0.6) is 0 Å². The Balaban J connectivity index is 2.26. The molecule has 1 fully saturated rings. The zero-order valence-corrected chi connectivity index (χ0v) is 11.4. The van der Waals surface area contributed by atoms with Crippen LogP contribution in [0.25, 0.3) is 0 Å². The fourth-order valence-corrected chi connectivity index (χ4v) is 3.03. The molecule has 0 heterocycles. The Morgan fingerprint density at radius 3 is 2.50 bits per heavy atom. The van der Waals surface area contributed by atoms with Crippen molar-refractivity contribution in [1.82, 2.24) is 0 Å². The predicted octanol–water partition coefficient (Wildman–Crippen LogP) is 4.39. The van der Waals surface area contributed by atoms with Crippen LogP contribution in [-0.2, 0) is 0 Å². The van der Waals surface area contributed by atoms with E-state index in [1.54, 1.807) is 0 Å². The molecule has 0 amide bonds. The summed E-state index contributed by atoms with van der Waals surface area (Å²) < 4.78 is 0. The van der Waals surface area contributed by atoms with E-state index in [0.29, 0.717) is 5.92 Å². The van der Waals surface area contributed by atoms with Gasteiger partial charge in [0.25, 0.3) is 0 Å². The van der Waals surface area contributed by atoms with Crippen LogP contribution in [-0.4, -0.2) is 11.2 Å². The summed E-state index contributed by atoms with van der Waals surface area (Å²) in [6, 6.07) is 0. The molecule has 0 aromatic rings. The molecule has 1 heteroatoms. The summed E-state index contributed by atoms with van der Waals surface area (Å²) in [5, 5.41) is 10.0. The first kappa shape index (κ1) is 14.0. The highest BCUT2D eigenvalue weighted by molar-refractivity contribution is 4.81. The summed E-state index contributed by atoms with van der Waals surface area (Å²) in [5.41, 5.74) is 0. The minimum absolute atomic E-state index is 0.00312. The molecule has 1 saturated carbocycles. The van der Waals surface area contributed by atoms with Gasteiger partial charge in [-0.05, 0) is 43.4 Å². The van der Waals surface area contributed by atoms with Gasteiger partial charge in [0.15, 0.2) is 0 Å². The van der Waals surface area contributed by atoms with E-state index in [1.165, 1.54) is 44.9 Å². The highest BCUT2D eigenvalue weighted by Gasteiger charge is 2.29. The second-order valence-corrected chi connectivity index (χ2v) is 5.99. The van der Waals surface area contributed by atoms with Crippen LogP contribution in [0.4, 0.5) is 0 Å². The fourth-order valence-electron chi connectivity index (χ4n) is 3.03. The molecule has 1 rings (SSSR count). The van der Waals surface area contributed by atoms with E-state index in [1.807, 2.05) is 0 Å². The molecule has 1 aliphatic carbocycles. The van der Waals surface area contributed by atoms with Crippen LogP contribution in [0.15, 0.2) is 0 Å². The third-order valence-corrected chi connectivity index (χ3v) is 4.35. The van der Waals surface area contributed by atoms with E-state index in [2.05, 4.69) is 20.8 Å². The molecule has 1 nitrogen and oxygen atoms in total. The van der Waals surface area contributed by atoms with E-state index in [-0.39, 0.29) is 6.10 Å². The lowest BCUT2D eigenvalue weighted by molar-refractivity contribution is 0.0324. The van der Waals surface area contributed by atoms with Crippen LogP contribution in [0.3, 0.4) is 0 Å². The average Bonchev–Trinajstić information content (AvgIpc) is 2.26.